The number of rotatable bonds is 0. The van der Waals surface area contributed by atoms with Crippen LogP contribution in [0.1, 0.15) is 0 Å². The molecule has 0 unspecified atom stereocenters. The predicted octanol–water partition coefficient (Wildman–Crippen LogP) is -3.85. The largest absolute Gasteiger partial charge is 0.799 e. The molecule has 10 heavy (non-hydrogen) atoms. The third kappa shape index (κ3) is 8850. The Morgan fingerprint density at radius 3 is 0.900 bits per heavy atom. The first-order chi connectivity index (χ1) is 4.00. The van der Waals surface area contributed by atoms with Crippen molar-refractivity contribution in [3.63, 3.8) is 0 Å². The highest BCUT2D eigenvalue weighted by Crippen LogP contribution is 2.05. The van der Waals surface area contributed by atoms with Crippen LogP contribution in [0.5, 0.6) is 0 Å². The van der Waals surface area contributed by atoms with Gasteiger partial charge in [0.2, 0.25) is 0 Å². The highest BCUT2D eigenvalue weighted by Gasteiger charge is 1.76. The number of hydrogen-bond acceptors (Lipinski definition) is 5. The van der Waals surface area contributed by atoms with Gasteiger partial charge in [0.25, 0.3) is 0 Å². The molecule has 0 fully saturated rings. The summed E-state index contributed by atoms with van der Waals surface area (Å²) >= 11 is 0. The lowest BCUT2D eigenvalue weighted by Crippen LogP contribution is -2.20. The molecule has 0 aromatic heterocycles. The molecule has 0 aliphatic heterocycles. The molecule has 0 aliphatic carbocycles. The molecule has 64 valence electrons. The van der Waals surface area contributed by atoms with Crippen LogP contribution in [0.25, 0.3) is 0 Å². The van der Waals surface area contributed by atoms with Crippen molar-refractivity contribution >= 4 is 15.4 Å². The van der Waals surface area contributed by atoms with E-state index in [2.05, 4.69) is 16.5 Å². The lowest BCUT2D eigenvalue weighted by molar-refractivity contribution is -0.314. The van der Waals surface area contributed by atoms with Crippen molar-refractivity contribution in [2.75, 3.05) is 0 Å². The van der Waals surface area contributed by atoms with Gasteiger partial charge in [-0.15, -0.1) is 0 Å². The van der Waals surface area contributed by atoms with Gasteiger partial charge >= 0.3 is 0 Å². The Labute approximate surface area is 56.8 Å². The minimum absolute atomic E-state index is 3.80. The zero-order valence-electron chi connectivity index (χ0n) is 4.67. The van der Waals surface area contributed by atoms with Gasteiger partial charge < -0.3 is 29.3 Å². The Hall–Kier alpha value is 0.220. The van der Waals surface area contributed by atoms with Gasteiger partial charge in [-0.25, -0.2) is 0 Å². The average Bonchev–Trinajstić information content (AvgIpc) is 1.12. The molecule has 10 heteroatoms. The Balaban J connectivity index is 0. The summed E-state index contributed by atoms with van der Waals surface area (Å²) in [6, 6.07) is 0. The second kappa shape index (κ2) is 4.17. The Kier molecular flexibility index (Phi) is 5.36. The lowest BCUT2D eigenvalue weighted by atomic mass is 13.9. The van der Waals surface area contributed by atoms with E-state index in [0.29, 0.717) is 0 Å². The molecule has 0 bridgehead atoms. The van der Waals surface area contributed by atoms with Crippen LogP contribution in [0.4, 0.5) is 0 Å². The van der Waals surface area contributed by atoms with Gasteiger partial charge in [0, 0.05) is 0 Å². The van der Waals surface area contributed by atoms with Crippen molar-refractivity contribution in [2.45, 2.75) is 0 Å². The Bertz CT molecular complexity index is 127. The summed E-state index contributed by atoms with van der Waals surface area (Å²) in [6.45, 7) is 0. The topological polar surface area (TPSA) is 181 Å². The van der Waals surface area contributed by atoms with Crippen molar-refractivity contribution in [1.82, 2.24) is 0 Å². The van der Waals surface area contributed by atoms with Crippen molar-refractivity contribution in [3.8, 4) is 0 Å². The summed E-state index contributed by atoms with van der Waals surface area (Å²) in [5.74, 6) is 0. The van der Waals surface area contributed by atoms with Crippen LogP contribution in [0.15, 0.2) is 0 Å². The molecule has 0 amide bonds. The molecule has 0 radical (unpaired) electrons. The molecule has 0 rings (SSSR count). The van der Waals surface area contributed by atoms with Gasteiger partial charge in [0.05, 0.1) is 0 Å². The van der Waals surface area contributed by atoms with E-state index >= 15 is 0 Å². The average molecular weight is 190 g/mol. The Morgan fingerprint density at radius 1 is 0.900 bits per heavy atom. The van der Waals surface area contributed by atoms with Crippen molar-refractivity contribution in [2.24, 2.45) is 16.5 Å². The van der Waals surface area contributed by atoms with Gasteiger partial charge in [-0.3, -0.25) is 11.0 Å². The summed E-state index contributed by atoms with van der Waals surface area (Å²) < 4.78 is 18.1. The second-order valence-electron chi connectivity index (χ2n) is 1.19. The molecule has 0 aromatic rings. The van der Waals surface area contributed by atoms with Crippen LogP contribution in [-0.2, 0) is 9.13 Å². The van der Waals surface area contributed by atoms with E-state index < -0.39 is 15.4 Å². The quantitative estimate of drug-likeness (QED) is 0.324. The van der Waals surface area contributed by atoms with E-state index in [1.165, 1.54) is 0 Å². The van der Waals surface area contributed by atoms with Crippen LogP contribution in [0.2, 0.25) is 0 Å². The zero-order chi connectivity index (χ0) is 9.00. The van der Waals surface area contributed by atoms with Gasteiger partial charge in [-0.1, -0.05) is 0 Å². The van der Waals surface area contributed by atoms with E-state index in [9.17, 15) is 9.46 Å². The maximum absolute atomic E-state index is 9.22. The molecule has 8 nitrogen and oxygen atoms in total. The van der Waals surface area contributed by atoms with Crippen LogP contribution in [0, 0.1) is 0 Å². The number of nitrogens with two attached hydrogens (primary N) is 3. The monoisotopic (exact) mass is 190 g/mol. The minimum atomic E-state index is -4.64. The third-order valence-electron chi connectivity index (χ3n) is 0. The van der Waals surface area contributed by atoms with Crippen molar-refractivity contribution < 1.29 is 23.8 Å². The summed E-state index contributed by atoms with van der Waals surface area (Å²) in [4.78, 5) is 27.0. The van der Waals surface area contributed by atoms with Crippen molar-refractivity contribution in [3.05, 3.63) is 0 Å². The standard InChI is InChI=1S/H5N2O2P.H4NO3P/c2*1-5(2,3)4/h(H5,1,2,3,4);(H4,1,2,3,4)/p-3. The van der Waals surface area contributed by atoms with Gasteiger partial charge in [-0.05, 0) is 7.75 Å². The second-order valence-corrected chi connectivity index (χ2v) is 3.56. The summed E-state index contributed by atoms with van der Waals surface area (Å²) in [5.41, 5.74) is 12.1. The Morgan fingerprint density at radius 2 is 0.900 bits per heavy atom. The fraction of sp³-hybridized carbons (Fsp3) is 0. The fourth-order valence-corrected chi connectivity index (χ4v) is 0. The highest BCUT2D eigenvalue weighted by molar-refractivity contribution is 7.51. The smallest absolute Gasteiger partial charge is 0.138 e. The molecular weight excluding hydrogens is 184 g/mol. The molecule has 0 aromatic carbocycles. The van der Waals surface area contributed by atoms with Crippen molar-refractivity contribution in [1.29, 1.82) is 0 Å². The molecule has 0 heterocycles. The lowest BCUT2D eigenvalue weighted by Gasteiger charge is -2.21. The first kappa shape index (κ1) is 12.9. The predicted molar refractivity (Wildman–Crippen MR) is 27.8 cm³/mol. The molecular formula is H6N3O5P2-3. The van der Waals surface area contributed by atoms with E-state index in [4.69, 9.17) is 14.4 Å². The third-order valence-corrected chi connectivity index (χ3v) is 0. The maximum Gasteiger partial charge on any atom is 0.138 e. The first-order valence-electron chi connectivity index (χ1n) is 1.69. The van der Waals surface area contributed by atoms with Crippen LogP contribution < -0.4 is 31.2 Å². The normalized spacial score (nSPS) is 11.8. The molecule has 0 atom stereocenters. The number of hydrogen-bond donors (Lipinski definition) is 3. The maximum atomic E-state index is 9.22. The van der Waals surface area contributed by atoms with Gasteiger partial charge in [0.15, 0.2) is 0 Å². The molecule has 0 aliphatic rings. The zero-order valence-corrected chi connectivity index (χ0v) is 6.46. The van der Waals surface area contributed by atoms with Gasteiger partial charge in [-0.2, -0.15) is 0 Å². The molecule has 0 spiro atoms. The van der Waals surface area contributed by atoms with E-state index in [1.54, 1.807) is 0 Å². The fourth-order valence-electron chi connectivity index (χ4n) is 0. The SMILES string of the molecule is NP(=O)([O-])[O-].NP(N)(=O)[O-]. The van der Waals surface area contributed by atoms with E-state index in [0.717, 1.165) is 0 Å². The van der Waals surface area contributed by atoms with E-state index in [-0.39, 0.29) is 0 Å². The highest BCUT2D eigenvalue weighted by atomic mass is 31.2. The molecule has 0 saturated heterocycles. The summed E-state index contributed by atoms with van der Waals surface area (Å²) in [5, 5.41) is 0. The summed E-state index contributed by atoms with van der Waals surface area (Å²) in [6.07, 6.45) is 0. The van der Waals surface area contributed by atoms with Gasteiger partial charge in [0.1, 0.15) is 7.67 Å². The van der Waals surface area contributed by atoms with E-state index in [1.807, 2.05) is 0 Å². The molecule has 6 N–H and O–H groups in total. The summed E-state index contributed by atoms with van der Waals surface area (Å²) in [7, 11) is -8.53. The van der Waals surface area contributed by atoms with Crippen LogP contribution in [0.3, 0.4) is 0 Å². The minimum Gasteiger partial charge on any atom is -0.799 e. The first-order valence-corrected chi connectivity index (χ1v) is 5.06. The van der Waals surface area contributed by atoms with Crippen LogP contribution >= 0.6 is 15.4 Å². The molecule has 0 saturated carbocycles. The van der Waals surface area contributed by atoms with Crippen LogP contribution in [-0.4, -0.2) is 0 Å².